The van der Waals surface area contributed by atoms with Gasteiger partial charge in [-0.25, -0.2) is 0 Å². The predicted octanol–water partition coefficient (Wildman–Crippen LogP) is 1.11. The van der Waals surface area contributed by atoms with Crippen LogP contribution in [0.25, 0.3) is 10.9 Å². The second-order valence-electron chi connectivity index (χ2n) is 3.93. The quantitative estimate of drug-likeness (QED) is 0.630. The Morgan fingerprint density at radius 1 is 1.00 bits per heavy atom. The largest absolute Gasteiger partial charge is 0.290 e. The maximum atomic E-state index is 11.7. The molecule has 0 saturated carbocycles. The number of aromatic nitrogens is 1. The molecule has 0 saturated heterocycles. The SMILES string of the molecule is O=C1Cc2nc3ccccc3cc2C(=O)C1=O. The minimum absolute atomic E-state index is 0.0786. The van der Waals surface area contributed by atoms with Gasteiger partial charge in [0.15, 0.2) is 0 Å². The van der Waals surface area contributed by atoms with E-state index in [0.29, 0.717) is 5.69 Å². The van der Waals surface area contributed by atoms with Crippen LogP contribution < -0.4 is 0 Å². The van der Waals surface area contributed by atoms with Gasteiger partial charge in [0.25, 0.3) is 5.78 Å². The van der Waals surface area contributed by atoms with Gasteiger partial charge in [-0.15, -0.1) is 0 Å². The molecular weight excluding hydrogens is 218 g/mol. The highest BCUT2D eigenvalue weighted by Gasteiger charge is 2.33. The number of nitrogens with zero attached hydrogens (tertiary/aromatic N) is 1. The molecule has 1 heterocycles. The Morgan fingerprint density at radius 3 is 2.59 bits per heavy atom. The third-order valence-electron chi connectivity index (χ3n) is 2.84. The van der Waals surface area contributed by atoms with Crippen molar-refractivity contribution in [2.45, 2.75) is 6.42 Å². The first kappa shape index (κ1) is 9.84. The van der Waals surface area contributed by atoms with Crippen LogP contribution in [-0.4, -0.2) is 22.3 Å². The molecule has 0 bridgehead atoms. The summed E-state index contributed by atoms with van der Waals surface area (Å²) in [5.41, 5.74) is 1.38. The predicted molar refractivity (Wildman–Crippen MR) is 59.8 cm³/mol. The number of carbonyl (C=O) groups excluding carboxylic acids is 3. The fourth-order valence-electron chi connectivity index (χ4n) is 1.97. The highest BCUT2D eigenvalue weighted by molar-refractivity contribution is 6.68. The second-order valence-corrected chi connectivity index (χ2v) is 3.93. The monoisotopic (exact) mass is 225 g/mol. The van der Waals surface area contributed by atoms with Gasteiger partial charge in [-0.1, -0.05) is 18.2 Å². The van der Waals surface area contributed by atoms with E-state index in [0.717, 1.165) is 10.9 Å². The van der Waals surface area contributed by atoms with Crippen molar-refractivity contribution < 1.29 is 14.4 Å². The number of benzene rings is 1. The van der Waals surface area contributed by atoms with Crippen molar-refractivity contribution in [3.63, 3.8) is 0 Å². The summed E-state index contributed by atoms with van der Waals surface area (Å²) in [6.45, 7) is 0. The maximum absolute atomic E-state index is 11.7. The fraction of sp³-hybridized carbons (Fsp3) is 0.0769. The molecular formula is C13H7NO3. The molecule has 17 heavy (non-hydrogen) atoms. The van der Waals surface area contributed by atoms with E-state index in [9.17, 15) is 14.4 Å². The Bertz CT molecular complexity index is 688. The van der Waals surface area contributed by atoms with Crippen LogP contribution in [-0.2, 0) is 16.0 Å². The number of para-hydroxylation sites is 1. The zero-order valence-electron chi connectivity index (χ0n) is 8.77. The standard InChI is InChI=1S/C13H7NO3/c15-11-6-10-8(12(16)13(11)17)5-7-3-1-2-4-9(7)14-10/h1-5H,6H2. The van der Waals surface area contributed by atoms with Crippen LogP contribution in [0.2, 0.25) is 0 Å². The number of Topliss-reactive ketones (excluding diaryl/α,β-unsaturated/α-hetero) is 3. The summed E-state index contributed by atoms with van der Waals surface area (Å²) < 4.78 is 0. The molecule has 1 aliphatic rings. The van der Waals surface area contributed by atoms with Gasteiger partial charge >= 0.3 is 0 Å². The third-order valence-corrected chi connectivity index (χ3v) is 2.84. The summed E-state index contributed by atoms with van der Waals surface area (Å²) in [6.07, 6.45) is -0.0786. The average molecular weight is 225 g/mol. The average Bonchev–Trinajstić information content (AvgIpc) is 2.34. The molecule has 2 aromatic rings. The Kier molecular flexibility index (Phi) is 1.92. The molecule has 0 amide bonds. The van der Waals surface area contributed by atoms with E-state index >= 15 is 0 Å². The van der Waals surface area contributed by atoms with E-state index in [2.05, 4.69) is 4.98 Å². The highest BCUT2D eigenvalue weighted by atomic mass is 16.2. The lowest BCUT2D eigenvalue weighted by Gasteiger charge is -2.12. The summed E-state index contributed by atoms with van der Waals surface area (Å²) in [6, 6.07) is 8.91. The van der Waals surface area contributed by atoms with E-state index in [4.69, 9.17) is 0 Å². The lowest BCUT2D eigenvalue weighted by atomic mass is 9.91. The smallest absolute Gasteiger partial charge is 0.269 e. The van der Waals surface area contributed by atoms with E-state index in [1.165, 1.54) is 0 Å². The van der Waals surface area contributed by atoms with Gasteiger partial charge < -0.3 is 0 Å². The summed E-state index contributed by atoms with van der Waals surface area (Å²) in [5, 5.41) is 0.793. The number of pyridine rings is 1. The van der Waals surface area contributed by atoms with Gasteiger partial charge in [-0.2, -0.15) is 0 Å². The van der Waals surface area contributed by atoms with Gasteiger partial charge in [0.1, 0.15) is 0 Å². The van der Waals surface area contributed by atoms with Crippen LogP contribution in [0, 0.1) is 0 Å². The summed E-state index contributed by atoms with van der Waals surface area (Å²) in [4.78, 5) is 38.5. The Hall–Kier alpha value is -2.36. The number of ketones is 3. The van der Waals surface area contributed by atoms with Crippen molar-refractivity contribution in [1.82, 2.24) is 4.98 Å². The molecule has 0 spiro atoms. The maximum Gasteiger partial charge on any atom is 0.269 e. The van der Waals surface area contributed by atoms with Crippen LogP contribution in [0.3, 0.4) is 0 Å². The van der Waals surface area contributed by atoms with Gasteiger partial charge in [-0.05, 0) is 12.1 Å². The number of rotatable bonds is 0. The number of hydrogen-bond acceptors (Lipinski definition) is 4. The molecule has 0 N–H and O–H groups in total. The molecule has 0 radical (unpaired) electrons. The second kappa shape index (κ2) is 3.31. The summed E-state index contributed by atoms with van der Waals surface area (Å²) in [7, 11) is 0. The molecule has 1 aromatic heterocycles. The molecule has 0 atom stereocenters. The zero-order chi connectivity index (χ0) is 12.0. The van der Waals surface area contributed by atoms with Crippen LogP contribution in [0.5, 0.6) is 0 Å². The molecule has 4 heteroatoms. The molecule has 0 aliphatic heterocycles. The molecule has 82 valence electrons. The minimum atomic E-state index is -0.936. The van der Waals surface area contributed by atoms with Crippen molar-refractivity contribution in [3.05, 3.63) is 41.6 Å². The molecule has 1 aromatic carbocycles. The van der Waals surface area contributed by atoms with E-state index in [1.807, 2.05) is 18.2 Å². The normalized spacial score (nSPS) is 15.2. The number of fused-ring (bicyclic) bond motifs is 2. The Labute approximate surface area is 96.3 Å². The van der Waals surface area contributed by atoms with Gasteiger partial charge in [0.05, 0.1) is 17.6 Å². The van der Waals surface area contributed by atoms with Gasteiger partial charge in [0, 0.05) is 10.9 Å². The van der Waals surface area contributed by atoms with E-state index in [-0.39, 0.29) is 12.0 Å². The molecule has 0 fully saturated rings. The van der Waals surface area contributed by atoms with Crippen molar-refractivity contribution in [1.29, 1.82) is 0 Å². The highest BCUT2D eigenvalue weighted by Crippen LogP contribution is 2.21. The van der Waals surface area contributed by atoms with Crippen LogP contribution in [0.1, 0.15) is 16.1 Å². The van der Waals surface area contributed by atoms with Crippen molar-refractivity contribution >= 4 is 28.3 Å². The first-order chi connectivity index (χ1) is 8.16. The Morgan fingerprint density at radius 2 is 1.76 bits per heavy atom. The van der Waals surface area contributed by atoms with Crippen molar-refractivity contribution in [2.75, 3.05) is 0 Å². The van der Waals surface area contributed by atoms with Crippen LogP contribution >= 0.6 is 0 Å². The van der Waals surface area contributed by atoms with Crippen molar-refractivity contribution in [2.24, 2.45) is 0 Å². The van der Waals surface area contributed by atoms with Gasteiger partial charge in [-0.3, -0.25) is 19.4 Å². The molecule has 0 unspecified atom stereocenters. The fourth-order valence-corrected chi connectivity index (χ4v) is 1.97. The summed E-state index contributed by atoms with van der Waals surface area (Å²) in [5.74, 6) is -2.35. The van der Waals surface area contributed by atoms with E-state index < -0.39 is 17.3 Å². The van der Waals surface area contributed by atoms with Crippen LogP contribution in [0.15, 0.2) is 30.3 Å². The van der Waals surface area contributed by atoms with Crippen molar-refractivity contribution in [3.8, 4) is 0 Å². The third kappa shape index (κ3) is 1.38. The summed E-state index contributed by atoms with van der Waals surface area (Å²) >= 11 is 0. The zero-order valence-corrected chi connectivity index (χ0v) is 8.77. The Balaban J connectivity index is 2.32. The van der Waals surface area contributed by atoms with E-state index in [1.54, 1.807) is 12.1 Å². The lowest BCUT2D eigenvalue weighted by Crippen LogP contribution is -2.32. The van der Waals surface area contributed by atoms with Crippen LogP contribution in [0.4, 0.5) is 0 Å². The van der Waals surface area contributed by atoms with Gasteiger partial charge in [0.2, 0.25) is 11.6 Å². The first-order valence-electron chi connectivity index (χ1n) is 5.17. The molecule has 3 rings (SSSR count). The lowest BCUT2D eigenvalue weighted by molar-refractivity contribution is -0.133. The topological polar surface area (TPSA) is 64.1 Å². The number of hydrogen-bond donors (Lipinski definition) is 0. The molecule has 1 aliphatic carbocycles. The first-order valence-corrected chi connectivity index (χ1v) is 5.17. The number of carbonyl (C=O) groups is 3. The minimum Gasteiger partial charge on any atom is -0.290 e. The molecule has 4 nitrogen and oxygen atoms in total.